The van der Waals surface area contributed by atoms with Gasteiger partial charge in [-0.25, -0.2) is 17.4 Å². The summed E-state index contributed by atoms with van der Waals surface area (Å²) in [5, 5.41) is 0. The summed E-state index contributed by atoms with van der Waals surface area (Å²) in [4.78, 5) is 31.3. The van der Waals surface area contributed by atoms with Crippen LogP contribution < -0.4 is 0 Å². The fourth-order valence-electron chi connectivity index (χ4n) is 4.08. The van der Waals surface area contributed by atoms with Gasteiger partial charge in [-0.05, 0) is 42.8 Å². The number of aryl methyl sites for hydroxylation is 1. The predicted octanol–water partition coefficient (Wildman–Crippen LogP) is 3.42. The Labute approximate surface area is 185 Å². The number of imide groups is 1. The van der Waals surface area contributed by atoms with Crippen molar-refractivity contribution in [3.8, 4) is 0 Å². The molecule has 3 aromatic carbocycles. The maximum atomic E-state index is 13.6. The number of carbonyl (C=O) groups is 2. The van der Waals surface area contributed by atoms with E-state index in [4.69, 9.17) is 0 Å². The average molecular weight is 446 g/mol. The molecule has 0 atom stereocenters. The molecule has 0 unspecified atom stereocenters. The van der Waals surface area contributed by atoms with Crippen LogP contribution in [0.4, 0.5) is 0 Å². The van der Waals surface area contributed by atoms with E-state index >= 15 is 0 Å². The van der Waals surface area contributed by atoms with E-state index in [1.165, 1.54) is 3.97 Å². The minimum atomic E-state index is -3.94. The summed E-state index contributed by atoms with van der Waals surface area (Å²) in [7, 11) is -3.94. The van der Waals surface area contributed by atoms with Gasteiger partial charge < -0.3 is 0 Å². The zero-order chi connectivity index (χ0) is 22.5. The number of benzene rings is 3. The van der Waals surface area contributed by atoms with Crippen molar-refractivity contribution in [2.75, 3.05) is 6.54 Å². The Bertz CT molecular complexity index is 1470. The molecule has 2 heterocycles. The van der Waals surface area contributed by atoms with E-state index < -0.39 is 10.0 Å². The van der Waals surface area contributed by atoms with Gasteiger partial charge in [-0.1, -0.05) is 42.5 Å². The van der Waals surface area contributed by atoms with Crippen LogP contribution in [-0.4, -0.2) is 40.6 Å². The molecule has 0 saturated carbocycles. The second-order valence-corrected chi connectivity index (χ2v) is 9.36. The zero-order valence-electron chi connectivity index (χ0n) is 17.2. The van der Waals surface area contributed by atoms with Crippen LogP contribution in [0, 0.1) is 6.92 Å². The van der Waals surface area contributed by atoms with Crippen LogP contribution in [0.2, 0.25) is 0 Å². The molecule has 2 amide bonds. The second kappa shape index (κ2) is 7.42. The smallest absolute Gasteiger partial charge is 0.269 e. The Hall–Kier alpha value is -3.78. The maximum absolute atomic E-state index is 13.6. The number of fused-ring (bicyclic) bond motifs is 2. The topological polar surface area (TPSA) is 89.3 Å². The van der Waals surface area contributed by atoms with Gasteiger partial charge in [0, 0.05) is 13.0 Å². The molecule has 1 aliphatic rings. The largest absolute Gasteiger partial charge is 0.274 e. The molecule has 160 valence electrons. The minimum Gasteiger partial charge on any atom is -0.274 e. The predicted molar refractivity (Wildman–Crippen MR) is 119 cm³/mol. The van der Waals surface area contributed by atoms with Crippen LogP contribution in [0.15, 0.2) is 77.7 Å². The third-order valence-electron chi connectivity index (χ3n) is 5.63. The van der Waals surface area contributed by atoms with E-state index in [1.54, 1.807) is 79.7 Å². The molecule has 5 rings (SSSR count). The molecular formula is C24H19N3O4S. The number of imidazole rings is 1. The van der Waals surface area contributed by atoms with Crippen molar-refractivity contribution in [2.45, 2.75) is 18.2 Å². The first-order chi connectivity index (χ1) is 15.4. The van der Waals surface area contributed by atoms with Crippen molar-refractivity contribution in [1.29, 1.82) is 0 Å². The van der Waals surface area contributed by atoms with E-state index in [-0.39, 0.29) is 35.5 Å². The first-order valence-corrected chi connectivity index (χ1v) is 11.6. The van der Waals surface area contributed by atoms with E-state index in [0.717, 1.165) is 4.90 Å². The molecule has 1 aliphatic heterocycles. The van der Waals surface area contributed by atoms with E-state index in [0.29, 0.717) is 27.7 Å². The molecule has 0 bridgehead atoms. The van der Waals surface area contributed by atoms with Crippen molar-refractivity contribution in [2.24, 2.45) is 0 Å². The molecule has 0 aliphatic carbocycles. The molecule has 32 heavy (non-hydrogen) atoms. The number of para-hydroxylation sites is 2. The van der Waals surface area contributed by atoms with Crippen molar-refractivity contribution in [3.05, 3.63) is 95.3 Å². The average Bonchev–Trinajstić information content (AvgIpc) is 3.28. The van der Waals surface area contributed by atoms with Gasteiger partial charge in [-0.2, -0.15) is 0 Å². The highest BCUT2D eigenvalue weighted by atomic mass is 32.2. The summed E-state index contributed by atoms with van der Waals surface area (Å²) in [6, 6.07) is 20.4. The summed E-state index contributed by atoms with van der Waals surface area (Å²) in [5.41, 5.74) is 2.32. The molecule has 1 aromatic heterocycles. The van der Waals surface area contributed by atoms with Gasteiger partial charge in [0.25, 0.3) is 21.8 Å². The van der Waals surface area contributed by atoms with Gasteiger partial charge in [-0.15, -0.1) is 0 Å². The molecule has 0 fully saturated rings. The molecule has 0 saturated heterocycles. The summed E-state index contributed by atoms with van der Waals surface area (Å²) >= 11 is 0. The highest BCUT2D eigenvalue weighted by molar-refractivity contribution is 7.90. The van der Waals surface area contributed by atoms with Gasteiger partial charge in [0.1, 0.15) is 5.82 Å². The Balaban J connectivity index is 1.56. The number of amides is 2. The van der Waals surface area contributed by atoms with Gasteiger partial charge in [0.15, 0.2) is 0 Å². The molecular weight excluding hydrogens is 426 g/mol. The first kappa shape index (κ1) is 20.1. The third kappa shape index (κ3) is 3.03. The summed E-state index contributed by atoms with van der Waals surface area (Å²) in [6.07, 6.45) is 0.102. The number of hydrogen-bond donors (Lipinski definition) is 0. The lowest BCUT2D eigenvalue weighted by atomic mass is 10.1. The Morgan fingerprint density at radius 1 is 0.812 bits per heavy atom. The lowest BCUT2D eigenvalue weighted by Crippen LogP contribution is -2.32. The van der Waals surface area contributed by atoms with E-state index in [1.807, 2.05) is 0 Å². The lowest BCUT2D eigenvalue weighted by molar-refractivity contribution is 0.0655. The lowest BCUT2D eigenvalue weighted by Gasteiger charge is -2.15. The molecule has 0 radical (unpaired) electrons. The third-order valence-corrected chi connectivity index (χ3v) is 7.54. The number of rotatable bonds is 5. The molecule has 4 aromatic rings. The van der Waals surface area contributed by atoms with Crippen LogP contribution in [0.25, 0.3) is 11.0 Å². The van der Waals surface area contributed by atoms with E-state index in [2.05, 4.69) is 4.98 Å². The van der Waals surface area contributed by atoms with Crippen molar-refractivity contribution in [3.63, 3.8) is 0 Å². The second-order valence-electron chi connectivity index (χ2n) is 7.61. The Morgan fingerprint density at radius 3 is 2.09 bits per heavy atom. The number of hydrogen-bond acceptors (Lipinski definition) is 5. The highest BCUT2D eigenvalue weighted by Gasteiger charge is 2.35. The van der Waals surface area contributed by atoms with Crippen LogP contribution >= 0.6 is 0 Å². The van der Waals surface area contributed by atoms with Crippen LogP contribution in [0.3, 0.4) is 0 Å². The SMILES string of the molecule is Cc1ccccc1S(=O)(=O)n1c(CCN2C(=O)c3ccccc3C2=O)nc2ccccc21. The zero-order valence-corrected chi connectivity index (χ0v) is 18.0. The van der Waals surface area contributed by atoms with Gasteiger partial charge in [0.2, 0.25) is 0 Å². The van der Waals surface area contributed by atoms with Crippen molar-refractivity contribution in [1.82, 2.24) is 13.9 Å². The fraction of sp³-hybridized carbons (Fsp3) is 0.125. The summed E-state index contributed by atoms with van der Waals surface area (Å²) in [6.45, 7) is 1.77. The van der Waals surface area contributed by atoms with Crippen LogP contribution in [0.1, 0.15) is 32.1 Å². The molecule has 8 heteroatoms. The van der Waals surface area contributed by atoms with Gasteiger partial charge in [0.05, 0.1) is 27.1 Å². The number of aromatic nitrogens is 2. The monoisotopic (exact) mass is 445 g/mol. The fourth-order valence-corrected chi connectivity index (χ4v) is 5.82. The molecule has 0 spiro atoms. The molecule has 0 N–H and O–H groups in total. The van der Waals surface area contributed by atoms with Crippen molar-refractivity contribution >= 4 is 32.9 Å². The molecule has 7 nitrogen and oxygen atoms in total. The van der Waals surface area contributed by atoms with E-state index in [9.17, 15) is 18.0 Å². The Kier molecular flexibility index (Phi) is 4.67. The van der Waals surface area contributed by atoms with Crippen LogP contribution in [0.5, 0.6) is 0 Å². The van der Waals surface area contributed by atoms with Crippen molar-refractivity contribution < 1.29 is 18.0 Å². The number of nitrogens with zero attached hydrogens (tertiary/aromatic N) is 3. The van der Waals surface area contributed by atoms with Gasteiger partial charge in [-0.3, -0.25) is 14.5 Å². The first-order valence-electron chi connectivity index (χ1n) is 10.1. The summed E-state index contributed by atoms with van der Waals surface area (Å²) < 4.78 is 28.5. The minimum absolute atomic E-state index is 0.0267. The standard InChI is InChI=1S/C24H19N3O4S/c1-16-8-2-7-13-21(16)32(30,31)27-20-12-6-5-11-19(20)25-22(27)14-15-26-23(28)17-9-3-4-10-18(17)24(26)29/h2-13H,14-15H2,1H3. The normalized spacial score (nSPS) is 13.7. The van der Waals surface area contributed by atoms with Crippen LogP contribution in [-0.2, 0) is 16.4 Å². The summed E-state index contributed by atoms with van der Waals surface area (Å²) in [5.74, 6) is -0.490. The highest BCUT2D eigenvalue weighted by Crippen LogP contribution is 2.27. The van der Waals surface area contributed by atoms with Gasteiger partial charge >= 0.3 is 0 Å². The quantitative estimate of drug-likeness (QED) is 0.439. The Morgan fingerprint density at radius 2 is 1.41 bits per heavy atom. The number of carbonyl (C=O) groups excluding carboxylic acids is 2. The maximum Gasteiger partial charge on any atom is 0.269 e.